The number of fused-ring (bicyclic) bond motifs is 2. The van der Waals surface area contributed by atoms with Crippen LogP contribution in [0.2, 0.25) is 5.02 Å². The molecule has 2 unspecified atom stereocenters. The molecule has 0 radical (unpaired) electrons. The number of carbonyl (C=O) groups is 1. The highest BCUT2D eigenvalue weighted by atomic mass is 35.5. The number of halogens is 1. The number of carbonyl (C=O) groups excluding carboxylic acids is 1. The van der Waals surface area contributed by atoms with Crippen molar-refractivity contribution in [2.24, 2.45) is 5.41 Å². The molecule has 1 spiro atoms. The van der Waals surface area contributed by atoms with Gasteiger partial charge in [-0.15, -0.1) is 0 Å². The number of anilines is 1. The van der Waals surface area contributed by atoms with Gasteiger partial charge in [-0.25, -0.2) is 0 Å². The van der Waals surface area contributed by atoms with Gasteiger partial charge in [0, 0.05) is 53.8 Å². The first-order valence-electron chi connectivity index (χ1n) is 14.7. The van der Waals surface area contributed by atoms with Crippen molar-refractivity contribution >= 4 is 34.2 Å². The predicted octanol–water partition coefficient (Wildman–Crippen LogP) is 3.33. The van der Waals surface area contributed by atoms with Crippen LogP contribution in [0.3, 0.4) is 0 Å². The normalized spacial score (nSPS) is 26.2. The number of benzene rings is 1. The van der Waals surface area contributed by atoms with Gasteiger partial charge in [0.2, 0.25) is 5.91 Å². The second-order valence-electron chi connectivity index (χ2n) is 12.7. The van der Waals surface area contributed by atoms with Gasteiger partial charge in [0.25, 0.3) is 0 Å². The topological polar surface area (TPSA) is 91.8 Å². The van der Waals surface area contributed by atoms with E-state index in [1.165, 1.54) is 6.08 Å². The van der Waals surface area contributed by atoms with E-state index in [1.807, 2.05) is 11.1 Å². The molecule has 10 nitrogen and oxygen atoms in total. The fourth-order valence-electron chi connectivity index (χ4n) is 8.05. The van der Waals surface area contributed by atoms with Gasteiger partial charge in [-0.1, -0.05) is 18.2 Å². The molecule has 1 saturated carbocycles. The Labute approximate surface area is 244 Å². The number of hydrogen-bond donors (Lipinski definition) is 1. The number of ether oxygens (including phenoxy) is 2. The van der Waals surface area contributed by atoms with Crippen LogP contribution in [0.4, 0.5) is 5.82 Å². The molecule has 5 aliphatic rings. The first kappa shape index (κ1) is 25.8. The van der Waals surface area contributed by atoms with E-state index in [1.54, 1.807) is 0 Å². The Hall–Kier alpha value is -2.92. The summed E-state index contributed by atoms with van der Waals surface area (Å²) < 4.78 is 13.9. The summed E-state index contributed by atoms with van der Waals surface area (Å²) in [4.78, 5) is 19.0. The van der Waals surface area contributed by atoms with Gasteiger partial charge in [0.15, 0.2) is 5.82 Å². The SMILES string of the molecule is C=CC(=O)N1CC2(CC(n3nc(N4CCN(C5COC5)C5COCC54)c(-c4c(Cl)c(C)cc5[nH]ncc45)c3C)C2)C1. The molecule has 1 aromatic carbocycles. The number of piperazine rings is 1. The zero-order valence-corrected chi connectivity index (χ0v) is 24.4. The molecule has 41 heavy (non-hydrogen) atoms. The van der Waals surface area contributed by atoms with Crippen LogP contribution in [0.15, 0.2) is 24.9 Å². The number of H-pyrrole nitrogens is 1. The lowest BCUT2D eigenvalue weighted by Gasteiger charge is -2.58. The lowest BCUT2D eigenvalue weighted by atomic mass is 9.60. The van der Waals surface area contributed by atoms with Gasteiger partial charge in [-0.3, -0.25) is 19.5 Å². The van der Waals surface area contributed by atoms with Crippen LogP contribution in [0, 0.1) is 19.3 Å². The summed E-state index contributed by atoms with van der Waals surface area (Å²) in [6, 6.07) is 3.36. The minimum Gasteiger partial charge on any atom is -0.378 e. The molecule has 216 valence electrons. The molecular weight excluding hydrogens is 542 g/mol. The van der Waals surface area contributed by atoms with Gasteiger partial charge in [-0.2, -0.15) is 10.2 Å². The van der Waals surface area contributed by atoms with E-state index in [9.17, 15) is 4.79 Å². The van der Waals surface area contributed by atoms with Crippen LogP contribution in [-0.2, 0) is 14.3 Å². The molecular formula is C30H36ClN7O3. The second kappa shape index (κ2) is 9.29. The summed E-state index contributed by atoms with van der Waals surface area (Å²) in [5.74, 6) is 1.01. The highest BCUT2D eigenvalue weighted by Crippen LogP contribution is 2.55. The van der Waals surface area contributed by atoms with Gasteiger partial charge >= 0.3 is 0 Å². The highest BCUT2D eigenvalue weighted by Gasteiger charge is 2.55. The van der Waals surface area contributed by atoms with Gasteiger partial charge in [0.1, 0.15) is 0 Å². The monoisotopic (exact) mass is 577 g/mol. The van der Waals surface area contributed by atoms with Crippen LogP contribution in [-0.4, -0.2) is 106 Å². The Kier molecular flexibility index (Phi) is 5.84. The minimum atomic E-state index is 0.0260. The molecule has 0 bridgehead atoms. The zero-order chi connectivity index (χ0) is 28.0. The van der Waals surface area contributed by atoms with Crippen LogP contribution in [0.25, 0.3) is 22.0 Å². The van der Waals surface area contributed by atoms with E-state index >= 15 is 0 Å². The van der Waals surface area contributed by atoms with Crippen LogP contribution in [0.1, 0.15) is 30.1 Å². The first-order valence-corrected chi connectivity index (χ1v) is 15.1. The Morgan fingerprint density at radius 1 is 1.10 bits per heavy atom. The molecule has 2 aromatic heterocycles. The first-order chi connectivity index (χ1) is 19.9. The molecule has 6 heterocycles. The Bertz CT molecular complexity index is 1550. The third-order valence-corrected chi connectivity index (χ3v) is 10.8. The number of hydrogen-bond acceptors (Lipinski definition) is 7. The summed E-state index contributed by atoms with van der Waals surface area (Å²) >= 11 is 7.13. The molecule has 1 amide bonds. The Balaban J connectivity index is 1.19. The fourth-order valence-corrected chi connectivity index (χ4v) is 8.30. The van der Waals surface area contributed by atoms with Crippen LogP contribution in [0.5, 0.6) is 0 Å². The number of aryl methyl sites for hydroxylation is 1. The van der Waals surface area contributed by atoms with E-state index in [0.29, 0.717) is 18.7 Å². The standard InChI is InChI=1S/C30H36ClN7O3/c1-4-25(39)35-15-30(16-35)8-19(9-30)38-18(3)26(27-21-10-32-33-22(21)7-17(2)28(27)31)29(34-38)37-6-5-36(20-11-40-12-20)23-13-41-14-24(23)37/h4,7,10,19-20,23-24H,1,5-6,8-9,11-16H2,2-3H3,(H,32,33). The number of aromatic amines is 1. The second-order valence-corrected chi connectivity index (χ2v) is 13.1. The minimum absolute atomic E-state index is 0.0260. The third kappa shape index (κ3) is 3.77. The number of amides is 1. The summed E-state index contributed by atoms with van der Waals surface area (Å²) in [5, 5.41) is 14.7. The fraction of sp³-hybridized carbons (Fsp3) is 0.567. The van der Waals surface area contributed by atoms with Crippen molar-refractivity contribution in [3.63, 3.8) is 0 Å². The van der Waals surface area contributed by atoms with Gasteiger partial charge < -0.3 is 19.3 Å². The van der Waals surface area contributed by atoms with Crippen molar-refractivity contribution in [1.82, 2.24) is 29.8 Å². The quantitative estimate of drug-likeness (QED) is 0.465. The van der Waals surface area contributed by atoms with E-state index in [0.717, 1.165) is 103 Å². The number of aromatic nitrogens is 4. The van der Waals surface area contributed by atoms with E-state index in [-0.39, 0.29) is 23.4 Å². The Morgan fingerprint density at radius 3 is 2.59 bits per heavy atom. The predicted molar refractivity (Wildman–Crippen MR) is 156 cm³/mol. The smallest absolute Gasteiger partial charge is 0.245 e. The molecule has 3 aromatic rings. The van der Waals surface area contributed by atoms with Crippen molar-refractivity contribution in [1.29, 1.82) is 0 Å². The number of nitrogens with one attached hydrogen (secondary N) is 1. The molecule has 4 aliphatic heterocycles. The summed E-state index contributed by atoms with van der Waals surface area (Å²) in [7, 11) is 0. The van der Waals surface area contributed by atoms with Crippen molar-refractivity contribution in [3.8, 4) is 11.1 Å². The summed E-state index contributed by atoms with van der Waals surface area (Å²) in [6.45, 7) is 14.3. The Morgan fingerprint density at radius 2 is 1.85 bits per heavy atom. The van der Waals surface area contributed by atoms with Crippen molar-refractivity contribution in [3.05, 3.63) is 41.2 Å². The van der Waals surface area contributed by atoms with E-state index in [4.69, 9.17) is 26.2 Å². The van der Waals surface area contributed by atoms with Crippen molar-refractivity contribution in [2.75, 3.05) is 57.5 Å². The van der Waals surface area contributed by atoms with Crippen molar-refractivity contribution in [2.45, 2.75) is 50.9 Å². The van der Waals surface area contributed by atoms with E-state index < -0.39 is 0 Å². The van der Waals surface area contributed by atoms with E-state index in [2.05, 4.69) is 51.2 Å². The maximum Gasteiger partial charge on any atom is 0.245 e. The summed E-state index contributed by atoms with van der Waals surface area (Å²) in [6.07, 6.45) is 5.33. The maximum absolute atomic E-state index is 12.1. The number of likely N-dealkylation sites (tertiary alicyclic amines) is 1. The summed E-state index contributed by atoms with van der Waals surface area (Å²) in [5.41, 5.74) is 5.40. The van der Waals surface area contributed by atoms with Crippen LogP contribution < -0.4 is 4.90 Å². The molecule has 2 atom stereocenters. The number of rotatable bonds is 5. The molecule has 8 rings (SSSR count). The maximum atomic E-state index is 12.1. The lowest BCUT2D eigenvalue weighted by molar-refractivity contribution is -0.149. The lowest BCUT2D eigenvalue weighted by Crippen LogP contribution is -2.65. The highest BCUT2D eigenvalue weighted by molar-refractivity contribution is 6.36. The molecule has 11 heteroatoms. The largest absolute Gasteiger partial charge is 0.378 e. The molecule has 5 fully saturated rings. The third-order valence-electron chi connectivity index (χ3n) is 10.3. The van der Waals surface area contributed by atoms with Crippen LogP contribution >= 0.6 is 11.6 Å². The molecule has 1 aliphatic carbocycles. The molecule has 1 N–H and O–H groups in total. The average Bonchev–Trinajstić information content (AvgIpc) is 3.62. The van der Waals surface area contributed by atoms with Gasteiger partial charge in [0.05, 0.1) is 67.3 Å². The van der Waals surface area contributed by atoms with Crippen molar-refractivity contribution < 1.29 is 14.3 Å². The zero-order valence-electron chi connectivity index (χ0n) is 23.6. The van der Waals surface area contributed by atoms with Gasteiger partial charge in [-0.05, 0) is 44.4 Å². The number of nitrogens with zero attached hydrogens (tertiary/aromatic N) is 6. The average molecular weight is 578 g/mol. The molecule has 4 saturated heterocycles.